The molecule has 5 nitrogen and oxygen atoms in total. The number of carbonyl (C=O) groups is 1. The Morgan fingerprint density at radius 3 is 2.68 bits per heavy atom. The summed E-state index contributed by atoms with van der Waals surface area (Å²) in [6, 6.07) is 4.11. The van der Waals surface area contributed by atoms with Crippen LogP contribution in [-0.4, -0.2) is 11.9 Å². The molecule has 0 aromatic carbocycles. The summed E-state index contributed by atoms with van der Waals surface area (Å²) in [6.07, 6.45) is 10.0. The van der Waals surface area contributed by atoms with Gasteiger partial charge in [-0.05, 0) is 25.0 Å². The van der Waals surface area contributed by atoms with E-state index in [1.54, 1.807) is 6.26 Å². The number of thiophene rings is 1. The fraction of sp³-hybridized carbons (Fsp3) is 0.474. The molecule has 2 aliphatic rings. The average molecular weight is 357 g/mol. The maximum Gasteiger partial charge on any atom is 0.260 e. The summed E-state index contributed by atoms with van der Waals surface area (Å²) >= 11 is 1.32. The van der Waals surface area contributed by atoms with Gasteiger partial charge in [0.2, 0.25) is 0 Å². The van der Waals surface area contributed by atoms with E-state index in [1.165, 1.54) is 43.4 Å². The number of furan rings is 1. The van der Waals surface area contributed by atoms with Crippen LogP contribution >= 0.6 is 11.3 Å². The topological polar surface area (TPSA) is 94.6 Å². The Morgan fingerprint density at radius 2 is 1.96 bits per heavy atom. The molecule has 0 spiro atoms. The van der Waals surface area contributed by atoms with Gasteiger partial charge in [-0.2, -0.15) is 0 Å². The molecule has 1 fully saturated rings. The minimum absolute atomic E-state index is 0.226. The molecule has 2 aromatic heterocycles. The van der Waals surface area contributed by atoms with Crippen LogP contribution in [0.1, 0.15) is 60.4 Å². The molecule has 4 rings (SSSR count). The molecule has 0 bridgehead atoms. The molecule has 2 atom stereocenters. The Kier molecular flexibility index (Phi) is 4.37. The number of nitrogen functional groups attached to an aromatic ring is 1. The predicted octanol–water partition coefficient (Wildman–Crippen LogP) is 2.58. The highest BCUT2D eigenvalue weighted by molar-refractivity contribution is 7.12. The fourth-order valence-corrected chi connectivity index (χ4v) is 5.19. The molecule has 4 N–H and O–H groups in total. The van der Waals surface area contributed by atoms with Crippen molar-refractivity contribution in [2.24, 2.45) is 16.6 Å². The fourth-order valence-electron chi connectivity index (χ4n) is 4.17. The Bertz CT molecular complexity index is 898. The van der Waals surface area contributed by atoms with Crippen LogP contribution in [0.25, 0.3) is 5.57 Å². The van der Waals surface area contributed by atoms with E-state index in [2.05, 4.69) is 0 Å². The molecule has 132 valence electrons. The van der Waals surface area contributed by atoms with Crippen LogP contribution < -0.4 is 21.4 Å². The zero-order chi connectivity index (χ0) is 17.4. The highest BCUT2D eigenvalue weighted by Crippen LogP contribution is 2.36. The molecule has 1 saturated carbocycles. The molecule has 25 heavy (non-hydrogen) atoms. The van der Waals surface area contributed by atoms with Crippen LogP contribution in [0.3, 0.4) is 0 Å². The van der Waals surface area contributed by atoms with Crippen molar-refractivity contribution in [2.45, 2.75) is 51.0 Å². The lowest BCUT2D eigenvalue weighted by atomic mass is 9.82. The molecule has 0 unspecified atom stereocenters. The third kappa shape index (κ3) is 2.88. The van der Waals surface area contributed by atoms with Crippen LogP contribution in [0.5, 0.6) is 0 Å². The summed E-state index contributed by atoms with van der Waals surface area (Å²) in [7, 11) is 0. The lowest BCUT2D eigenvalue weighted by Gasteiger charge is -2.27. The number of nitrogens with zero attached hydrogens (tertiary/aromatic N) is 1. The summed E-state index contributed by atoms with van der Waals surface area (Å²) in [6.45, 7) is 0. The molecule has 0 radical (unpaired) electrons. The number of fused-ring (bicyclic) bond motifs is 2. The molecule has 6 heteroatoms. The lowest BCUT2D eigenvalue weighted by molar-refractivity contribution is 0.100. The van der Waals surface area contributed by atoms with Crippen LogP contribution in [0, 0.1) is 5.92 Å². The first kappa shape index (κ1) is 16.4. The van der Waals surface area contributed by atoms with Gasteiger partial charge in [-0.1, -0.05) is 32.1 Å². The quantitative estimate of drug-likeness (QED) is 0.865. The average Bonchev–Trinajstić information content (AvgIpc) is 3.23. The van der Waals surface area contributed by atoms with Crippen LogP contribution in [0.4, 0.5) is 5.69 Å². The summed E-state index contributed by atoms with van der Waals surface area (Å²) < 4.78 is 6.59. The van der Waals surface area contributed by atoms with E-state index < -0.39 is 5.91 Å². The van der Waals surface area contributed by atoms with Gasteiger partial charge in [0, 0.05) is 16.7 Å². The molecule has 2 aromatic rings. The van der Waals surface area contributed by atoms with Crippen LogP contribution in [0.2, 0.25) is 0 Å². The number of carbonyl (C=O) groups excluding carboxylic acids is 1. The van der Waals surface area contributed by atoms with Crippen molar-refractivity contribution >= 4 is 28.5 Å². The van der Waals surface area contributed by atoms with Crippen molar-refractivity contribution in [1.82, 2.24) is 0 Å². The van der Waals surface area contributed by atoms with E-state index in [0.29, 0.717) is 10.6 Å². The Balaban J connectivity index is 1.98. The van der Waals surface area contributed by atoms with Gasteiger partial charge in [0.15, 0.2) is 0 Å². The third-order valence-electron chi connectivity index (χ3n) is 5.34. The second-order valence-electron chi connectivity index (χ2n) is 6.93. The monoisotopic (exact) mass is 357 g/mol. The molecular formula is C19H23N3O2S. The van der Waals surface area contributed by atoms with E-state index in [-0.39, 0.29) is 12.0 Å². The normalized spacial score (nSPS) is 23.6. The van der Waals surface area contributed by atoms with E-state index in [9.17, 15) is 4.79 Å². The van der Waals surface area contributed by atoms with Gasteiger partial charge in [0.1, 0.15) is 15.3 Å². The maximum atomic E-state index is 11.8. The SMILES string of the molecule is NC(=O)c1sc2c(c1N)=C(c1ccco1)[C@H]1CCCCCCC[C@@H]1N=2. The Morgan fingerprint density at radius 1 is 1.20 bits per heavy atom. The highest BCUT2D eigenvalue weighted by Gasteiger charge is 2.33. The van der Waals surface area contributed by atoms with Crippen LogP contribution in [-0.2, 0) is 0 Å². The number of nitrogens with two attached hydrogens (primary N) is 2. The van der Waals surface area contributed by atoms with Crippen molar-refractivity contribution in [2.75, 3.05) is 5.73 Å². The summed E-state index contributed by atoms with van der Waals surface area (Å²) in [5.74, 6) is 0.639. The maximum absolute atomic E-state index is 11.8. The number of hydrogen-bond donors (Lipinski definition) is 2. The second-order valence-corrected chi connectivity index (χ2v) is 7.93. The third-order valence-corrected chi connectivity index (χ3v) is 6.47. The zero-order valence-electron chi connectivity index (χ0n) is 14.2. The lowest BCUT2D eigenvalue weighted by Crippen LogP contribution is -2.38. The van der Waals surface area contributed by atoms with E-state index >= 15 is 0 Å². The van der Waals surface area contributed by atoms with Crippen molar-refractivity contribution in [3.8, 4) is 0 Å². The number of primary amides is 1. The van der Waals surface area contributed by atoms with Gasteiger partial charge in [-0.25, -0.2) is 0 Å². The highest BCUT2D eigenvalue weighted by atomic mass is 32.1. The minimum Gasteiger partial charge on any atom is -0.465 e. The first-order valence-electron chi connectivity index (χ1n) is 9.01. The van der Waals surface area contributed by atoms with Crippen molar-refractivity contribution in [3.05, 3.63) is 38.9 Å². The number of anilines is 1. The van der Waals surface area contributed by atoms with Crippen LogP contribution in [0.15, 0.2) is 27.8 Å². The van der Waals surface area contributed by atoms with Crippen molar-refractivity contribution < 1.29 is 9.21 Å². The molecule has 1 amide bonds. The molecule has 3 heterocycles. The smallest absolute Gasteiger partial charge is 0.260 e. The first-order valence-corrected chi connectivity index (χ1v) is 9.82. The van der Waals surface area contributed by atoms with Gasteiger partial charge in [-0.3, -0.25) is 9.79 Å². The first-order chi connectivity index (χ1) is 12.2. The molecule has 0 saturated heterocycles. The number of rotatable bonds is 2. The summed E-state index contributed by atoms with van der Waals surface area (Å²) in [5.41, 5.74) is 13.4. The molecule has 1 aliphatic carbocycles. The molecule has 1 aliphatic heterocycles. The van der Waals surface area contributed by atoms with E-state index in [4.69, 9.17) is 20.9 Å². The predicted molar refractivity (Wildman–Crippen MR) is 98.8 cm³/mol. The number of hydrogen-bond acceptors (Lipinski definition) is 5. The Hall–Kier alpha value is -2.08. The van der Waals surface area contributed by atoms with Crippen molar-refractivity contribution in [1.29, 1.82) is 0 Å². The van der Waals surface area contributed by atoms with Gasteiger partial charge in [-0.15, -0.1) is 11.3 Å². The zero-order valence-corrected chi connectivity index (χ0v) is 15.0. The van der Waals surface area contributed by atoms with Crippen molar-refractivity contribution in [3.63, 3.8) is 0 Å². The van der Waals surface area contributed by atoms with E-state index in [1.807, 2.05) is 12.1 Å². The standard InChI is InChI=1S/C19H23N3O2S/c20-16-15-14(13-9-6-10-24-13)11-7-4-2-1-3-5-8-12(11)22-19(15)25-17(16)18(21)23/h6,9-12H,1-5,7-8,20H2,(H2,21,23)/t11-,12-/m0/s1. The van der Waals surface area contributed by atoms with Gasteiger partial charge < -0.3 is 15.9 Å². The summed E-state index contributed by atoms with van der Waals surface area (Å²) in [4.78, 5) is 17.2. The summed E-state index contributed by atoms with van der Waals surface area (Å²) in [5, 5.41) is 0.870. The van der Waals surface area contributed by atoms with Gasteiger partial charge in [0.05, 0.1) is 18.0 Å². The van der Waals surface area contributed by atoms with Gasteiger partial charge in [0.25, 0.3) is 5.91 Å². The van der Waals surface area contributed by atoms with Gasteiger partial charge >= 0.3 is 0 Å². The van der Waals surface area contributed by atoms with E-state index in [0.717, 1.165) is 34.1 Å². The largest absolute Gasteiger partial charge is 0.465 e. The minimum atomic E-state index is -0.486. The Labute approximate surface area is 150 Å². The number of amides is 1. The molecular weight excluding hydrogens is 334 g/mol. The second kappa shape index (κ2) is 6.67.